The van der Waals surface area contributed by atoms with E-state index in [-0.39, 0.29) is 48.7 Å². The number of carbonyl (C=O) groups excluding carboxylic acids is 2. The Morgan fingerprint density at radius 2 is 1.62 bits per heavy atom. The predicted molar refractivity (Wildman–Crippen MR) is 108 cm³/mol. The van der Waals surface area contributed by atoms with Crippen LogP contribution in [0.25, 0.3) is 0 Å². The summed E-state index contributed by atoms with van der Waals surface area (Å²) in [5, 5.41) is 0. The summed E-state index contributed by atoms with van der Waals surface area (Å²) >= 11 is 0. The van der Waals surface area contributed by atoms with Crippen molar-refractivity contribution in [3.05, 3.63) is 71.5 Å². The first-order valence-electron chi connectivity index (χ1n) is 10.4. The quantitative estimate of drug-likeness (QED) is 0.723. The van der Waals surface area contributed by atoms with Crippen LogP contribution >= 0.6 is 0 Å². The minimum atomic E-state index is -0.331. The standard InChI is InChI=1S/C24H26FNO3/c25-22-12-5-4-9-18(22)15-23(27)19-13-20-10-6-11-21(14-19)26(20)24(28)29-16-17-7-2-1-3-8-17/h1-5,7-9,12,19-21H,6,10-11,13-16H2. The van der Waals surface area contributed by atoms with Gasteiger partial charge in [0.15, 0.2) is 0 Å². The molecule has 4 nitrogen and oxygen atoms in total. The maximum atomic E-state index is 13.9. The number of halogens is 1. The fraction of sp³-hybridized carbons (Fsp3) is 0.417. The number of fused-ring (bicyclic) bond motifs is 2. The van der Waals surface area contributed by atoms with E-state index < -0.39 is 0 Å². The normalized spacial score (nSPS) is 23.5. The third-order valence-corrected chi connectivity index (χ3v) is 6.17. The molecule has 2 aliphatic heterocycles. The molecule has 2 fully saturated rings. The number of ether oxygens (including phenoxy) is 1. The highest BCUT2D eigenvalue weighted by Gasteiger charge is 2.43. The Morgan fingerprint density at radius 3 is 2.31 bits per heavy atom. The van der Waals surface area contributed by atoms with Crippen LogP contribution in [0, 0.1) is 11.7 Å². The van der Waals surface area contributed by atoms with Crippen LogP contribution in [0.4, 0.5) is 9.18 Å². The second-order valence-corrected chi connectivity index (χ2v) is 8.09. The number of rotatable bonds is 5. The zero-order valence-corrected chi connectivity index (χ0v) is 16.4. The van der Waals surface area contributed by atoms with E-state index in [1.54, 1.807) is 18.2 Å². The van der Waals surface area contributed by atoms with E-state index in [2.05, 4.69) is 0 Å². The smallest absolute Gasteiger partial charge is 0.410 e. The largest absolute Gasteiger partial charge is 0.445 e. The van der Waals surface area contributed by atoms with Gasteiger partial charge in [0.05, 0.1) is 0 Å². The maximum Gasteiger partial charge on any atom is 0.410 e. The molecular formula is C24H26FNO3. The average Bonchev–Trinajstić information content (AvgIpc) is 2.73. The van der Waals surface area contributed by atoms with Crippen LogP contribution in [0.5, 0.6) is 0 Å². The molecule has 5 heteroatoms. The van der Waals surface area contributed by atoms with Crippen LogP contribution in [-0.4, -0.2) is 28.9 Å². The highest BCUT2D eigenvalue weighted by atomic mass is 19.1. The lowest BCUT2D eigenvalue weighted by molar-refractivity contribution is -0.126. The Hall–Kier alpha value is -2.69. The number of piperidine rings is 2. The molecular weight excluding hydrogens is 369 g/mol. The number of nitrogens with zero attached hydrogens (tertiary/aromatic N) is 1. The molecule has 29 heavy (non-hydrogen) atoms. The summed E-state index contributed by atoms with van der Waals surface area (Å²) in [5.74, 6) is -0.379. The Morgan fingerprint density at radius 1 is 0.966 bits per heavy atom. The first-order chi connectivity index (χ1) is 14.1. The highest BCUT2D eigenvalue weighted by Crippen LogP contribution is 2.38. The van der Waals surface area contributed by atoms with Crippen molar-refractivity contribution >= 4 is 11.9 Å². The summed E-state index contributed by atoms with van der Waals surface area (Å²) in [5.41, 5.74) is 1.41. The molecule has 2 saturated heterocycles. The zero-order chi connectivity index (χ0) is 20.2. The molecule has 152 valence electrons. The molecule has 2 bridgehead atoms. The molecule has 2 atom stereocenters. The summed E-state index contributed by atoms with van der Waals surface area (Å²) in [7, 11) is 0. The fourth-order valence-electron chi connectivity index (χ4n) is 4.71. The summed E-state index contributed by atoms with van der Waals surface area (Å²) < 4.78 is 19.5. The molecule has 0 aromatic heterocycles. The summed E-state index contributed by atoms with van der Waals surface area (Å²) in [6.07, 6.45) is 3.96. The van der Waals surface area contributed by atoms with Crippen LogP contribution in [0.3, 0.4) is 0 Å². The predicted octanol–water partition coefficient (Wildman–Crippen LogP) is 4.91. The van der Waals surface area contributed by atoms with E-state index in [0.29, 0.717) is 18.4 Å². The molecule has 0 spiro atoms. The Balaban J connectivity index is 1.39. The third kappa shape index (κ3) is 4.50. The second kappa shape index (κ2) is 8.76. The van der Waals surface area contributed by atoms with Gasteiger partial charge in [0.2, 0.25) is 0 Å². The molecule has 2 aliphatic rings. The Labute approximate surface area is 170 Å². The number of amides is 1. The van der Waals surface area contributed by atoms with Gasteiger partial charge < -0.3 is 9.64 Å². The van der Waals surface area contributed by atoms with Crippen LogP contribution in [-0.2, 0) is 22.6 Å². The van der Waals surface area contributed by atoms with E-state index >= 15 is 0 Å². The fourth-order valence-corrected chi connectivity index (χ4v) is 4.71. The molecule has 0 aliphatic carbocycles. The van der Waals surface area contributed by atoms with Crippen LogP contribution in [0.15, 0.2) is 54.6 Å². The molecule has 2 aromatic carbocycles. The summed E-state index contributed by atoms with van der Waals surface area (Å²) in [6.45, 7) is 0.255. The van der Waals surface area contributed by atoms with Crippen LogP contribution in [0.2, 0.25) is 0 Å². The Kier molecular flexibility index (Phi) is 5.93. The molecule has 2 unspecified atom stereocenters. The monoisotopic (exact) mass is 395 g/mol. The molecule has 2 aromatic rings. The van der Waals surface area contributed by atoms with Gasteiger partial charge in [-0.05, 0) is 49.3 Å². The van der Waals surface area contributed by atoms with Crippen molar-refractivity contribution in [1.82, 2.24) is 4.90 Å². The van der Waals surface area contributed by atoms with Gasteiger partial charge in [-0.2, -0.15) is 0 Å². The average molecular weight is 395 g/mol. The lowest BCUT2D eigenvalue weighted by Gasteiger charge is -2.47. The van der Waals surface area contributed by atoms with Crippen molar-refractivity contribution in [2.75, 3.05) is 0 Å². The lowest BCUT2D eigenvalue weighted by atomic mass is 9.76. The molecule has 1 amide bonds. The third-order valence-electron chi connectivity index (χ3n) is 6.17. The van der Waals surface area contributed by atoms with Gasteiger partial charge in [-0.3, -0.25) is 4.79 Å². The number of hydrogen-bond donors (Lipinski definition) is 0. The number of benzene rings is 2. The van der Waals surface area contributed by atoms with Gasteiger partial charge in [-0.15, -0.1) is 0 Å². The van der Waals surface area contributed by atoms with Crippen LogP contribution in [0.1, 0.15) is 43.2 Å². The van der Waals surface area contributed by atoms with E-state index in [1.807, 2.05) is 35.2 Å². The minimum absolute atomic E-state index is 0.0281. The van der Waals surface area contributed by atoms with E-state index in [0.717, 1.165) is 24.8 Å². The van der Waals surface area contributed by atoms with Gasteiger partial charge in [0.1, 0.15) is 18.2 Å². The molecule has 0 radical (unpaired) electrons. The highest BCUT2D eigenvalue weighted by molar-refractivity contribution is 5.84. The first-order valence-corrected chi connectivity index (χ1v) is 10.4. The van der Waals surface area contributed by atoms with Crippen molar-refractivity contribution in [1.29, 1.82) is 0 Å². The number of hydrogen-bond acceptors (Lipinski definition) is 3. The maximum absolute atomic E-state index is 13.9. The van der Waals surface area contributed by atoms with Crippen molar-refractivity contribution < 1.29 is 18.7 Å². The van der Waals surface area contributed by atoms with Crippen molar-refractivity contribution in [2.24, 2.45) is 5.92 Å². The van der Waals surface area contributed by atoms with E-state index in [9.17, 15) is 14.0 Å². The topological polar surface area (TPSA) is 46.6 Å². The first kappa shape index (κ1) is 19.6. The Bertz CT molecular complexity index is 855. The minimum Gasteiger partial charge on any atom is -0.445 e. The number of carbonyl (C=O) groups is 2. The van der Waals surface area contributed by atoms with E-state index in [1.165, 1.54) is 6.07 Å². The molecule has 2 heterocycles. The molecule has 4 rings (SSSR count). The van der Waals surface area contributed by atoms with Crippen LogP contribution < -0.4 is 0 Å². The van der Waals surface area contributed by atoms with Gasteiger partial charge in [-0.1, -0.05) is 48.5 Å². The lowest BCUT2D eigenvalue weighted by Crippen LogP contribution is -2.55. The SMILES string of the molecule is O=C(Cc1ccccc1F)C1CC2CCCC(C1)N2C(=O)OCc1ccccc1. The second-order valence-electron chi connectivity index (χ2n) is 8.09. The number of ketones is 1. The van der Waals surface area contributed by atoms with Gasteiger partial charge >= 0.3 is 6.09 Å². The van der Waals surface area contributed by atoms with Gasteiger partial charge in [0.25, 0.3) is 0 Å². The summed E-state index contributed by atoms with van der Waals surface area (Å²) in [6, 6.07) is 16.1. The van der Waals surface area contributed by atoms with Crippen molar-refractivity contribution in [2.45, 2.75) is 57.2 Å². The number of Topliss-reactive ketones (excluding diaryl/α,β-unsaturated/α-hetero) is 1. The molecule has 0 N–H and O–H groups in total. The molecule has 0 saturated carbocycles. The van der Waals surface area contributed by atoms with Crippen molar-refractivity contribution in [3.8, 4) is 0 Å². The van der Waals surface area contributed by atoms with E-state index in [4.69, 9.17) is 4.74 Å². The zero-order valence-electron chi connectivity index (χ0n) is 16.4. The van der Waals surface area contributed by atoms with Crippen molar-refractivity contribution in [3.63, 3.8) is 0 Å². The summed E-state index contributed by atoms with van der Waals surface area (Å²) in [4.78, 5) is 27.5. The van der Waals surface area contributed by atoms with Gasteiger partial charge in [0, 0.05) is 24.4 Å². The van der Waals surface area contributed by atoms with Gasteiger partial charge in [-0.25, -0.2) is 9.18 Å².